The number of nitrogens with zero attached hydrogens (tertiary/aromatic N) is 1. The van der Waals surface area contributed by atoms with Crippen LogP contribution in [-0.4, -0.2) is 30.2 Å². The molecule has 2 unspecified atom stereocenters. The van der Waals surface area contributed by atoms with Gasteiger partial charge in [0.2, 0.25) is 0 Å². The molecule has 5 nitrogen and oxygen atoms in total. The Labute approximate surface area is 233 Å². The monoisotopic (exact) mass is 633 g/mol. The maximum Gasteiger partial charge on any atom is 0.403 e. The van der Waals surface area contributed by atoms with Crippen molar-refractivity contribution in [3.05, 3.63) is 98.1 Å². The lowest BCUT2D eigenvalue weighted by Gasteiger charge is -2.31. The van der Waals surface area contributed by atoms with Crippen molar-refractivity contribution in [3.63, 3.8) is 0 Å². The number of nitrogens with one attached hydrogen (secondary N) is 2. The number of halogens is 4. The fraction of sp³-hybridized carbons (Fsp3) is 0.276. The van der Waals surface area contributed by atoms with E-state index in [1.807, 2.05) is 42.5 Å². The van der Waals surface area contributed by atoms with Crippen LogP contribution in [0.25, 0.3) is 0 Å². The van der Waals surface area contributed by atoms with Gasteiger partial charge in [-0.1, -0.05) is 48.5 Å². The van der Waals surface area contributed by atoms with E-state index in [-0.39, 0.29) is 35.1 Å². The third-order valence-corrected chi connectivity index (χ3v) is 7.47. The van der Waals surface area contributed by atoms with E-state index < -0.39 is 23.5 Å². The summed E-state index contributed by atoms with van der Waals surface area (Å²) < 4.78 is 44.1. The topological polar surface area (TPSA) is 70.6 Å². The number of benzene rings is 3. The Bertz CT molecular complexity index is 1390. The van der Waals surface area contributed by atoms with Crippen LogP contribution in [-0.2, 0) is 5.41 Å². The van der Waals surface area contributed by atoms with Crippen LogP contribution in [0.3, 0.4) is 0 Å². The van der Waals surface area contributed by atoms with Gasteiger partial charge in [-0.25, -0.2) is 0 Å². The fourth-order valence-corrected chi connectivity index (χ4v) is 5.34. The molecule has 2 amide bonds. The lowest BCUT2D eigenvalue weighted by Crippen LogP contribution is -2.42. The van der Waals surface area contributed by atoms with Gasteiger partial charge in [0.1, 0.15) is 5.41 Å². The molecule has 0 aliphatic carbocycles. The van der Waals surface area contributed by atoms with Gasteiger partial charge in [-0.05, 0) is 84.7 Å². The van der Waals surface area contributed by atoms with Gasteiger partial charge in [-0.15, -0.1) is 0 Å². The first-order valence-corrected chi connectivity index (χ1v) is 13.2. The maximum atomic E-state index is 14.5. The van der Waals surface area contributed by atoms with Crippen LogP contribution in [0.2, 0.25) is 0 Å². The molecule has 0 spiro atoms. The van der Waals surface area contributed by atoms with Gasteiger partial charge in [0.15, 0.2) is 0 Å². The molecule has 2 atom stereocenters. The summed E-state index contributed by atoms with van der Waals surface area (Å²) in [6, 6.07) is 17.5. The summed E-state index contributed by atoms with van der Waals surface area (Å²) in [5.74, 6) is -0.895. The minimum atomic E-state index is -4.56. The molecule has 2 N–H and O–H groups in total. The number of anilines is 1. The number of aliphatic imine (C=N–C) groups is 1. The van der Waals surface area contributed by atoms with E-state index in [9.17, 15) is 22.8 Å². The van der Waals surface area contributed by atoms with Gasteiger partial charge in [-0.2, -0.15) is 13.2 Å². The maximum absolute atomic E-state index is 14.5. The molecule has 3 aromatic rings. The standard InChI is InChI=1S/C29H27F3IN3O2/c1-17(2)35-27(38)25-21(10-7-11-22(25)33)26(37)36-23-13-12-20(14-18(23)3)28(29(30,31)32)15-24(34-16-28)19-8-5-4-6-9-19/h4-14,16-17,24H,15H2,1-3H3,(H,35,38)(H,36,37). The van der Waals surface area contributed by atoms with Crippen LogP contribution in [0.5, 0.6) is 0 Å². The zero-order valence-corrected chi connectivity index (χ0v) is 23.2. The van der Waals surface area contributed by atoms with Crippen LogP contribution in [0.4, 0.5) is 18.9 Å². The molecule has 0 fully saturated rings. The third kappa shape index (κ3) is 5.48. The lowest BCUT2D eigenvalue weighted by molar-refractivity contribution is -0.168. The van der Waals surface area contributed by atoms with Crippen LogP contribution in [0, 0.1) is 10.5 Å². The Morgan fingerprint density at radius 1 is 1.03 bits per heavy atom. The van der Waals surface area contributed by atoms with Crippen molar-refractivity contribution >= 4 is 46.3 Å². The van der Waals surface area contributed by atoms with Crippen molar-refractivity contribution in [3.8, 4) is 0 Å². The molecule has 3 aromatic carbocycles. The van der Waals surface area contributed by atoms with E-state index in [1.165, 1.54) is 18.2 Å². The Morgan fingerprint density at radius 3 is 2.37 bits per heavy atom. The van der Waals surface area contributed by atoms with E-state index in [0.29, 0.717) is 14.8 Å². The first kappa shape index (κ1) is 27.8. The Kier molecular flexibility index (Phi) is 7.96. The van der Waals surface area contributed by atoms with E-state index in [1.54, 1.807) is 49.4 Å². The number of hydrogen-bond donors (Lipinski definition) is 2. The molecule has 0 radical (unpaired) electrons. The van der Waals surface area contributed by atoms with E-state index >= 15 is 0 Å². The average molecular weight is 633 g/mol. The second-order valence-electron chi connectivity index (χ2n) is 9.65. The van der Waals surface area contributed by atoms with Gasteiger partial charge in [0, 0.05) is 21.5 Å². The summed E-state index contributed by atoms with van der Waals surface area (Å²) in [6.45, 7) is 5.29. The van der Waals surface area contributed by atoms with E-state index in [0.717, 1.165) is 11.8 Å². The minimum absolute atomic E-state index is 0.0638. The summed E-state index contributed by atoms with van der Waals surface area (Å²) in [4.78, 5) is 30.2. The summed E-state index contributed by atoms with van der Waals surface area (Å²) in [5.41, 5.74) is -0.190. The average Bonchev–Trinajstić information content (AvgIpc) is 3.32. The van der Waals surface area contributed by atoms with Crippen LogP contribution in [0.1, 0.15) is 63.7 Å². The van der Waals surface area contributed by atoms with Crippen molar-refractivity contribution in [2.24, 2.45) is 4.99 Å². The molecule has 198 valence electrons. The second-order valence-corrected chi connectivity index (χ2v) is 10.8. The van der Waals surface area contributed by atoms with Gasteiger partial charge in [0.05, 0.1) is 17.2 Å². The van der Waals surface area contributed by atoms with Crippen molar-refractivity contribution in [2.45, 2.75) is 50.9 Å². The SMILES string of the molecule is Cc1cc(C2(C(F)(F)F)C=NC(c3ccccc3)C2)ccc1NC(=O)c1cccc(I)c1C(=O)NC(C)C. The Morgan fingerprint density at radius 2 is 1.74 bits per heavy atom. The highest BCUT2D eigenvalue weighted by atomic mass is 127. The van der Waals surface area contributed by atoms with E-state index in [4.69, 9.17) is 0 Å². The lowest BCUT2D eigenvalue weighted by atomic mass is 9.76. The molecule has 0 aromatic heterocycles. The zero-order chi connectivity index (χ0) is 27.7. The summed E-state index contributed by atoms with van der Waals surface area (Å²) >= 11 is 2.00. The van der Waals surface area contributed by atoms with Crippen molar-refractivity contribution in [1.29, 1.82) is 0 Å². The van der Waals surface area contributed by atoms with Crippen molar-refractivity contribution in [2.75, 3.05) is 5.32 Å². The smallest absolute Gasteiger partial charge is 0.350 e. The predicted molar refractivity (Wildman–Crippen MR) is 151 cm³/mol. The second kappa shape index (κ2) is 10.9. The molecule has 9 heteroatoms. The highest BCUT2D eigenvalue weighted by Gasteiger charge is 2.58. The largest absolute Gasteiger partial charge is 0.403 e. The number of carbonyl (C=O) groups is 2. The highest BCUT2D eigenvalue weighted by Crippen LogP contribution is 2.50. The van der Waals surface area contributed by atoms with Crippen LogP contribution in [0.15, 0.2) is 71.7 Å². The Hall–Kier alpha value is -3.21. The molecule has 1 heterocycles. The quantitative estimate of drug-likeness (QED) is 0.287. The highest BCUT2D eigenvalue weighted by molar-refractivity contribution is 14.1. The summed E-state index contributed by atoms with van der Waals surface area (Å²) in [5, 5.41) is 5.57. The molecule has 0 saturated heterocycles. The normalized spacial score (nSPS) is 19.0. The zero-order valence-electron chi connectivity index (χ0n) is 21.1. The minimum Gasteiger partial charge on any atom is -0.350 e. The van der Waals surface area contributed by atoms with Gasteiger partial charge >= 0.3 is 6.18 Å². The first-order valence-electron chi connectivity index (χ1n) is 12.1. The summed E-state index contributed by atoms with van der Waals surface area (Å²) in [6.07, 6.45) is -3.78. The molecule has 1 aliphatic rings. The molecule has 4 rings (SSSR count). The van der Waals surface area contributed by atoms with Gasteiger partial charge in [0.25, 0.3) is 11.8 Å². The van der Waals surface area contributed by atoms with Crippen molar-refractivity contribution in [1.82, 2.24) is 5.32 Å². The van der Waals surface area contributed by atoms with Crippen molar-refractivity contribution < 1.29 is 22.8 Å². The molecule has 0 saturated carbocycles. The number of carbonyl (C=O) groups excluding carboxylic acids is 2. The van der Waals surface area contributed by atoms with E-state index in [2.05, 4.69) is 15.6 Å². The van der Waals surface area contributed by atoms with Crippen LogP contribution < -0.4 is 10.6 Å². The molecular weight excluding hydrogens is 606 g/mol. The fourth-order valence-electron chi connectivity index (χ4n) is 4.60. The molecule has 38 heavy (non-hydrogen) atoms. The van der Waals surface area contributed by atoms with Gasteiger partial charge < -0.3 is 10.6 Å². The predicted octanol–water partition coefficient (Wildman–Crippen LogP) is 7.01. The van der Waals surface area contributed by atoms with Gasteiger partial charge in [-0.3, -0.25) is 14.6 Å². The molecular formula is C29H27F3IN3O2. The number of hydrogen-bond acceptors (Lipinski definition) is 3. The third-order valence-electron chi connectivity index (χ3n) is 6.58. The van der Waals surface area contributed by atoms with Crippen LogP contribution >= 0.6 is 22.6 Å². The molecule has 1 aliphatic heterocycles. The Balaban J connectivity index is 1.63. The number of rotatable bonds is 6. The first-order chi connectivity index (χ1) is 17.9. The number of aryl methyl sites for hydroxylation is 1. The number of amides is 2. The summed E-state index contributed by atoms with van der Waals surface area (Å²) in [7, 11) is 0. The number of alkyl halides is 3. The molecule has 0 bridgehead atoms.